The smallest absolute Gasteiger partial charge is 0.191 e. The Balaban J connectivity index is 0.00000261. The van der Waals surface area contributed by atoms with Crippen LogP contribution in [0.3, 0.4) is 0 Å². The lowest BCUT2D eigenvalue weighted by atomic mass is 10.0. The third kappa shape index (κ3) is 6.04. The van der Waals surface area contributed by atoms with E-state index in [1.165, 1.54) is 45.2 Å². The molecule has 2 aliphatic heterocycles. The fraction of sp³-hybridized carbons (Fsp3) is 0.842. The van der Waals surface area contributed by atoms with Crippen molar-refractivity contribution in [2.75, 3.05) is 26.7 Å². The summed E-state index contributed by atoms with van der Waals surface area (Å²) in [5, 5.41) is 15.5. The van der Waals surface area contributed by atoms with Crippen LogP contribution in [-0.2, 0) is 19.5 Å². The van der Waals surface area contributed by atoms with E-state index in [-0.39, 0.29) is 24.0 Å². The van der Waals surface area contributed by atoms with Crippen molar-refractivity contribution in [1.29, 1.82) is 0 Å². The second-order valence-electron chi connectivity index (χ2n) is 7.86. The number of aliphatic imine (C=N–C) groups is 1. The zero-order valence-electron chi connectivity index (χ0n) is 17.1. The van der Waals surface area contributed by atoms with Gasteiger partial charge >= 0.3 is 0 Å². The number of hydrogen-bond donors (Lipinski definition) is 2. The van der Waals surface area contributed by atoms with Gasteiger partial charge in [0.05, 0.1) is 6.54 Å². The Kier molecular flexibility index (Phi) is 9.28. The summed E-state index contributed by atoms with van der Waals surface area (Å²) in [5.41, 5.74) is 0. The number of nitrogens with one attached hydrogen (secondary N) is 2. The van der Waals surface area contributed by atoms with Gasteiger partial charge in [-0.1, -0.05) is 26.7 Å². The van der Waals surface area contributed by atoms with E-state index in [4.69, 9.17) is 0 Å². The molecule has 7 nitrogen and oxygen atoms in total. The highest BCUT2D eigenvalue weighted by molar-refractivity contribution is 14.0. The average Bonchev–Trinajstić information content (AvgIpc) is 3.14. The normalized spacial score (nSPS) is 19.3. The summed E-state index contributed by atoms with van der Waals surface area (Å²) in [6, 6.07) is 0.545. The molecule has 0 aromatic carbocycles. The first-order chi connectivity index (χ1) is 12.7. The van der Waals surface area contributed by atoms with Crippen LogP contribution in [0.15, 0.2) is 4.99 Å². The predicted octanol–water partition coefficient (Wildman–Crippen LogP) is 2.41. The highest BCUT2D eigenvalue weighted by atomic mass is 127. The monoisotopic (exact) mass is 489 g/mol. The number of rotatable bonds is 6. The molecule has 0 spiro atoms. The lowest BCUT2D eigenvalue weighted by Crippen LogP contribution is -2.49. The van der Waals surface area contributed by atoms with Crippen LogP contribution in [0.2, 0.25) is 0 Å². The standard InChI is InChI=1S/C19H35N7.HI/c1-15(2)16(25-10-6-4-5-7-11-25)13-21-19(20-3)22-14-18-24-23-17-9-8-12-26(17)18;/h15-16H,4-14H2,1-3H3,(H2,20,21,22);1H. The summed E-state index contributed by atoms with van der Waals surface area (Å²) >= 11 is 0. The largest absolute Gasteiger partial charge is 0.355 e. The van der Waals surface area contributed by atoms with Crippen molar-refractivity contribution in [3.8, 4) is 0 Å². The molecule has 1 atom stereocenters. The molecular weight excluding hydrogens is 453 g/mol. The molecule has 1 fully saturated rings. The van der Waals surface area contributed by atoms with Gasteiger partial charge in [0.15, 0.2) is 11.8 Å². The fourth-order valence-corrected chi connectivity index (χ4v) is 4.14. The predicted molar refractivity (Wildman–Crippen MR) is 121 cm³/mol. The Hall–Kier alpha value is -0.900. The van der Waals surface area contributed by atoms with Crippen molar-refractivity contribution in [1.82, 2.24) is 30.3 Å². The van der Waals surface area contributed by atoms with Gasteiger partial charge < -0.3 is 15.2 Å². The molecule has 2 N–H and O–H groups in total. The molecule has 1 aromatic heterocycles. The molecule has 154 valence electrons. The van der Waals surface area contributed by atoms with E-state index in [1.54, 1.807) is 0 Å². The number of aromatic nitrogens is 3. The van der Waals surface area contributed by atoms with E-state index in [0.717, 1.165) is 37.1 Å². The van der Waals surface area contributed by atoms with Crippen LogP contribution in [0, 0.1) is 5.92 Å². The molecule has 3 heterocycles. The quantitative estimate of drug-likeness (QED) is 0.365. The summed E-state index contributed by atoms with van der Waals surface area (Å²) in [6.07, 6.45) is 7.63. The van der Waals surface area contributed by atoms with Crippen LogP contribution in [0.5, 0.6) is 0 Å². The van der Waals surface area contributed by atoms with E-state index >= 15 is 0 Å². The Labute approximate surface area is 180 Å². The first kappa shape index (κ1) is 22.4. The van der Waals surface area contributed by atoms with Crippen molar-refractivity contribution >= 4 is 29.9 Å². The first-order valence-electron chi connectivity index (χ1n) is 10.3. The Morgan fingerprint density at radius 2 is 1.78 bits per heavy atom. The SMILES string of the molecule is CN=C(NCc1nnc2n1CCC2)NCC(C(C)C)N1CCCCCC1.I. The zero-order chi connectivity index (χ0) is 18.4. The zero-order valence-corrected chi connectivity index (χ0v) is 19.4. The average molecular weight is 489 g/mol. The summed E-state index contributed by atoms with van der Waals surface area (Å²) in [7, 11) is 1.83. The van der Waals surface area contributed by atoms with Crippen LogP contribution in [0.4, 0.5) is 0 Å². The molecule has 8 heteroatoms. The molecule has 0 bridgehead atoms. The van der Waals surface area contributed by atoms with Crippen molar-refractivity contribution in [3.63, 3.8) is 0 Å². The summed E-state index contributed by atoms with van der Waals surface area (Å²) in [6.45, 7) is 9.73. The molecule has 0 saturated carbocycles. The molecule has 1 unspecified atom stereocenters. The lowest BCUT2D eigenvalue weighted by molar-refractivity contribution is 0.161. The molecule has 0 radical (unpaired) electrons. The summed E-state index contributed by atoms with van der Waals surface area (Å²) < 4.78 is 2.23. The second-order valence-corrected chi connectivity index (χ2v) is 7.86. The molecular formula is C19H36IN7. The summed E-state index contributed by atoms with van der Waals surface area (Å²) in [5.74, 6) is 3.60. The Morgan fingerprint density at radius 3 is 2.44 bits per heavy atom. The van der Waals surface area contributed by atoms with E-state index in [0.29, 0.717) is 18.5 Å². The fourth-order valence-electron chi connectivity index (χ4n) is 4.14. The lowest BCUT2D eigenvalue weighted by Gasteiger charge is -2.34. The minimum Gasteiger partial charge on any atom is -0.355 e. The maximum absolute atomic E-state index is 4.39. The van der Waals surface area contributed by atoms with Crippen molar-refractivity contribution in [2.45, 2.75) is 71.5 Å². The number of hydrogen-bond acceptors (Lipinski definition) is 4. The first-order valence-corrected chi connectivity index (χ1v) is 10.3. The minimum absolute atomic E-state index is 0. The molecule has 1 saturated heterocycles. The molecule has 1 aromatic rings. The van der Waals surface area contributed by atoms with Gasteiger partial charge in [-0.25, -0.2) is 0 Å². The third-order valence-corrected chi connectivity index (χ3v) is 5.68. The number of fused-ring (bicyclic) bond motifs is 1. The van der Waals surface area contributed by atoms with Gasteiger partial charge in [0, 0.05) is 32.6 Å². The molecule has 0 aliphatic carbocycles. The van der Waals surface area contributed by atoms with Crippen LogP contribution in [0.25, 0.3) is 0 Å². The third-order valence-electron chi connectivity index (χ3n) is 5.68. The van der Waals surface area contributed by atoms with Gasteiger partial charge in [-0.2, -0.15) is 0 Å². The number of halogens is 1. The Bertz CT molecular complexity index is 591. The van der Waals surface area contributed by atoms with Crippen molar-refractivity contribution in [2.24, 2.45) is 10.9 Å². The van der Waals surface area contributed by atoms with E-state index < -0.39 is 0 Å². The highest BCUT2D eigenvalue weighted by Crippen LogP contribution is 2.17. The van der Waals surface area contributed by atoms with Gasteiger partial charge in [0.2, 0.25) is 0 Å². The van der Waals surface area contributed by atoms with Gasteiger partial charge in [-0.05, 0) is 38.3 Å². The van der Waals surface area contributed by atoms with Gasteiger partial charge in [-0.15, -0.1) is 34.2 Å². The molecule has 0 amide bonds. The highest BCUT2D eigenvalue weighted by Gasteiger charge is 2.23. The van der Waals surface area contributed by atoms with Gasteiger partial charge in [0.1, 0.15) is 5.82 Å². The number of aryl methyl sites for hydroxylation is 1. The van der Waals surface area contributed by atoms with Crippen LogP contribution >= 0.6 is 24.0 Å². The van der Waals surface area contributed by atoms with E-state index in [2.05, 4.69) is 49.1 Å². The minimum atomic E-state index is 0. The number of guanidine groups is 1. The van der Waals surface area contributed by atoms with E-state index in [9.17, 15) is 0 Å². The van der Waals surface area contributed by atoms with Gasteiger partial charge in [0.25, 0.3) is 0 Å². The maximum Gasteiger partial charge on any atom is 0.191 e. The number of nitrogens with zero attached hydrogens (tertiary/aromatic N) is 5. The number of likely N-dealkylation sites (tertiary alicyclic amines) is 1. The van der Waals surface area contributed by atoms with Gasteiger partial charge in [-0.3, -0.25) is 9.89 Å². The van der Waals surface area contributed by atoms with Crippen LogP contribution in [-0.4, -0.2) is 58.3 Å². The molecule has 2 aliphatic rings. The van der Waals surface area contributed by atoms with Crippen LogP contribution in [0.1, 0.15) is 57.6 Å². The molecule has 27 heavy (non-hydrogen) atoms. The maximum atomic E-state index is 4.39. The Morgan fingerprint density at radius 1 is 1.04 bits per heavy atom. The molecule has 3 rings (SSSR count). The van der Waals surface area contributed by atoms with Crippen molar-refractivity contribution < 1.29 is 0 Å². The topological polar surface area (TPSA) is 70.4 Å². The van der Waals surface area contributed by atoms with Crippen LogP contribution < -0.4 is 10.6 Å². The van der Waals surface area contributed by atoms with E-state index in [1.807, 2.05) is 7.05 Å². The van der Waals surface area contributed by atoms with Crippen molar-refractivity contribution in [3.05, 3.63) is 11.6 Å². The second kappa shape index (κ2) is 11.2. The summed E-state index contributed by atoms with van der Waals surface area (Å²) in [4.78, 5) is 7.06.